The molecule has 0 fully saturated rings. The summed E-state index contributed by atoms with van der Waals surface area (Å²) in [6, 6.07) is 15.7. The summed E-state index contributed by atoms with van der Waals surface area (Å²) in [5.74, 6) is 1.92. The third-order valence-corrected chi connectivity index (χ3v) is 5.08. The van der Waals surface area contributed by atoms with Crippen molar-refractivity contribution in [1.82, 2.24) is 9.97 Å². The maximum absolute atomic E-state index is 12.6. The van der Waals surface area contributed by atoms with E-state index in [1.165, 1.54) is 5.56 Å². The minimum absolute atomic E-state index is 0.0960. The van der Waals surface area contributed by atoms with Crippen molar-refractivity contribution >= 4 is 28.9 Å². The molecule has 0 spiro atoms. The Balaban J connectivity index is 1.72. The lowest BCUT2D eigenvalue weighted by Crippen LogP contribution is -2.18. The maximum atomic E-state index is 12.6. The number of anilines is 4. The molecule has 0 aliphatic heterocycles. The van der Waals surface area contributed by atoms with Crippen molar-refractivity contribution in [2.45, 2.75) is 32.6 Å². The Morgan fingerprint density at radius 3 is 2.55 bits per heavy atom. The van der Waals surface area contributed by atoms with Gasteiger partial charge in [0.25, 0.3) is 0 Å². The van der Waals surface area contributed by atoms with E-state index in [1.54, 1.807) is 7.11 Å². The van der Waals surface area contributed by atoms with Gasteiger partial charge in [-0.1, -0.05) is 25.1 Å². The molecule has 148 valence electrons. The number of carbonyl (C=O) groups is 1. The van der Waals surface area contributed by atoms with Gasteiger partial charge in [-0.3, -0.25) is 4.79 Å². The number of methoxy groups -OCH3 is 1. The third kappa shape index (κ3) is 4.06. The monoisotopic (exact) mass is 388 g/mol. The Morgan fingerprint density at radius 2 is 1.79 bits per heavy atom. The van der Waals surface area contributed by atoms with Crippen LogP contribution in [0.4, 0.5) is 23.1 Å². The van der Waals surface area contributed by atoms with Gasteiger partial charge in [-0.2, -0.15) is 4.98 Å². The molecule has 3 aromatic rings. The lowest BCUT2D eigenvalue weighted by molar-refractivity contribution is 0.0972. The average Bonchev–Trinajstić information content (AvgIpc) is 2.74. The van der Waals surface area contributed by atoms with Gasteiger partial charge in [0.05, 0.1) is 18.4 Å². The molecule has 1 aromatic heterocycles. The van der Waals surface area contributed by atoms with Crippen molar-refractivity contribution in [3.05, 3.63) is 65.4 Å². The van der Waals surface area contributed by atoms with Crippen molar-refractivity contribution < 1.29 is 9.53 Å². The molecule has 6 nitrogen and oxygen atoms in total. The highest BCUT2D eigenvalue weighted by Gasteiger charge is 2.25. The van der Waals surface area contributed by atoms with E-state index in [0.29, 0.717) is 23.8 Å². The second-order valence-corrected chi connectivity index (χ2v) is 6.98. The predicted octanol–water partition coefficient (Wildman–Crippen LogP) is 5.05. The number of para-hydroxylation sites is 1. The van der Waals surface area contributed by atoms with Crippen LogP contribution in [0, 0.1) is 0 Å². The highest BCUT2D eigenvalue weighted by atomic mass is 16.5. The first-order valence-electron chi connectivity index (χ1n) is 9.88. The summed E-state index contributed by atoms with van der Waals surface area (Å²) in [5, 5.41) is 6.64. The summed E-state index contributed by atoms with van der Waals surface area (Å²) in [6.07, 6.45) is 3.01. The molecule has 1 aliphatic carbocycles. The van der Waals surface area contributed by atoms with Gasteiger partial charge >= 0.3 is 0 Å². The zero-order valence-corrected chi connectivity index (χ0v) is 16.7. The fourth-order valence-corrected chi connectivity index (χ4v) is 3.55. The zero-order valence-electron chi connectivity index (χ0n) is 16.7. The third-order valence-electron chi connectivity index (χ3n) is 5.08. The number of hydrogen-bond donors (Lipinski definition) is 2. The number of nitrogens with zero attached hydrogens (tertiary/aromatic N) is 2. The van der Waals surface area contributed by atoms with Crippen molar-refractivity contribution in [2.24, 2.45) is 0 Å². The highest BCUT2D eigenvalue weighted by Crippen LogP contribution is 2.31. The van der Waals surface area contributed by atoms with Crippen LogP contribution in [0.25, 0.3) is 0 Å². The quantitative estimate of drug-likeness (QED) is 0.615. The second kappa shape index (κ2) is 8.31. The molecule has 0 atom stereocenters. The van der Waals surface area contributed by atoms with E-state index in [2.05, 4.69) is 33.6 Å². The Morgan fingerprint density at radius 1 is 1.00 bits per heavy atom. The molecule has 1 aliphatic rings. The molecule has 0 saturated heterocycles. The largest absolute Gasteiger partial charge is 0.497 e. The van der Waals surface area contributed by atoms with E-state index in [4.69, 9.17) is 4.74 Å². The number of aromatic nitrogens is 2. The number of ether oxygens (including phenoxy) is 1. The van der Waals surface area contributed by atoms with Gasteiger partial charge < -0.3 is 15.4 Å². The number of Topliss-reactive ketones (excluding diaryl/α,β-unsaturated/α-hetero) is 1. The van der Waals surface area contributed by atoms with Crippen LogP contribution in [0.1, 0.15) is 41.4 Å². The SMILES string of the molecule is CCc1ccccc1Nc1nc(Nc2ccc(OC)cc2)nc2c1C(=O)CCC2. The Bertz CT molecular complexity index is 1030. The number of carbonyl (C=O) groups excluding carboxylic acids is 1. The van der Waals surface area contributed by atoms with Gasteiger partial charge in [0.2, 0.25) is 5.95 Å². The van der Waals surface area contributed by atoms with Gasteiger partial charge in [0.15, 0.2) is 5.78 Å². The van der Waals surface area contributed by atoms with Crippen LogP contribution in [0.5, 0.6) is 5.75 Å². The van der Waals surface area contributed by atoms with Crippen molar-refractivity contribution in [2.75, 3.05) is 17.7 Å². The first kappa shape index (κ1) is 18.9. The normalized spacial score (nSPS) is 13.0. The summed E-state index contributed by atoms with van der Waals surface area (Å²) in [5.41, 5.74) is 4.40. The Hall–Kier alpha value is -3.41. The molecule has 0 amide bonds. The Labute approximate surface area is 170 Å². The molecule has 2 N–H and O–H groups in total. The van der Waals surface area contributed by atoms with E-state index < -0.39 is 0 Å². The fourth-order valence-electron chi connectivity index (χ4n) is 3.55. The maximum Gasteiger partial charge on any atom is 0.229 e. The fraction of sp³-hybridized carbons (Fsp3) is 0.261. The van der Waals surface area contributed by atoms with E-state index in [1.807, 2.05) is 42.5 Å². The predicted molar refractivity (Wildman–Crippen MR) is 115 cm³/mol. The van der Waals surface area contributed by atoms with Crippen LogP contribution >= 0.6 is 0 Å². The number of hydrogen-bond acceptors (Lipinski definition) is 6. The summed E-state index contributed by atoms with van der Waals surface area (Å²) < 4.78 is 5.21. The van der Waals surface area contributed by atoms with Crippen molar-refractivity contribution in [1.29, 1.82) is 0 Å². The molecule has 29 heavy (non-hydrogen) atoms. The number of benzene rings is 2. The van der Waals surface area contributed by atoms with E-state index in [-0.39, 0.29) is 5.78 Å². The molecule has 4 rings (SSSR count). The summed E-state index contributed by atoms with van der Waals surface area (Å²) in [4.78, 5) is 21.9. The first-order valence-corrected chi connectivity index (χ1v) is 9.88. The molecule has 0 radical (unpaired) electrons. The zero-order chi connectivity index (χ0) is 20.2. The van der Waals surface area contributed by atoms with Crippen LogP contribution < -0.4 is 15.4 Å². The number of nitrogens with one attached hydrogen (secondary N) is 2. The Kier molecular flexibility index (Phi) is 5.42. The van der Waals surface area contributed by atoms with E-state index in [0.717, 1.165) is 42.1 Å². The standard InChI is InChI=1S/C23H24N4O2/c1-3-15-7-4-5-8-18(15)25-22-21-19(9-6-10-20(21)28)26-23(27-22)24-16-11-13-17(29-2)14-12-16/h4-5,7-8,11-14H,3,6,9-10H2,1-2H3,(H2,24,25,26,27). The minimum atomic E-state index is 0.0960. The van der Waals surface area contributed by atoms with Gasteiger partial charge in [-0.15, -0.1) is 0 Å². The van der Waals surface area contributed by atoms with Gasteiger partial charge in [0.1, 0.15) is 11.6 Å². The van der Waals surface area contributed by atoms with Gasteiger partial charge in [-0.05, 0) is 55.2 Å². The molecule has 0 bridgehead atoms. The average molecular weight is 388 g/mol. The second-order valence-electron chi connectivity index (χ2n) is 6.98. The topological polar surface area (TPSA) is 76.1 Å². The summed E-state index contributed by atoms with van der Waals surface area (Å²) >= 11 is 0. The van der Waals surface area contributed by atoms with Crippen LogP contribution in [-0.4, -0.2) is 22.9 Å². The number of fused-ring (bicyclic) bond motifs is 1. The van der Waals surface area contributed by atoms with Crippen molar-refractivity contribution in [3.63, 3.8) is 0 Å². The van der Waals surface area contributed by atoms with E-state index >= 15 is 0 Å². The highest BCUT2D eigenvalue weighted by molar-refractivity contribution is 6.03. The van der Waals surface area contributed by atoms with Crippen LogP contribution in [0.2, 0.25) is 0 Å². The summed E-state index contributed by atoms with van der Waals surface area (Å²) in [6.45, 7) is 2.11. The van der Waals surface area contributed by atoms with Gasteiger partial charge in [-0.25, -0.2) is 4.98 Å². The first-order chi connectivity index (χ1) is 14.2. The van der Waals surface area contributed by atoms with Crippen molar-refractivity contribution in [3.8, 4) is 5.75 Å². The molecule has 6 heteroatoms. The van der Waals surface area contributed by atoms with Gasteiger partial charge in [0, 0.05) is 17.8 Å². The number of rotatable bonds is 6. The van der Waals surface area contributed by atoms with E-state index in [9.17, 15) is 4.79 Å². The molecule has 1 heterocycles. The number of ketones is 1. The van der Waals surface area contributed by atoms with Crippen LogP contribution in [-0.2, 0) is 12.8 Å². The number of aryl methyl sites for hydroxylation is 2. The van der Waals surface area contributed by atoms with Crippen LogP contribution in [0.15, 0.2) is 48.5 Å². The molecular weight excluding hydrogens is 364 g/mol. The smallest absolute Gasteiger partial charge is 0.229 e. The molecule has 0 unspecified atom stereocenters. The van der Waals surface area contributed by atoms with Crippen LogP contribution in [0.3, 0.4) is 0 Å². The minimum Gasteiger partial charge on any atom is -0.497 e. The molecule has 2 aromatic carbocycles. The summed E-state index contributed by atoms with van der Waals surface area (Å²) in [7, 11) is 1.64. The lowest BCUT2D eigenvalue weighted by atomic mass is 9.95. The molecular formula is C23H24N4O2. The lowest BCUT2D eigenvalue weighted by Gasteiger charge is -2.20. The molecule has 0 saturated carbocycles.